The number of nitrogens with one attached hydrogen (secondary N) is 1. The molecule has 0 fully saturated rings. The molecule has 3 nitrogen and oxygen atoms in total. The van der Waals surface area contributed by atoms with Crippen molar-refractivity contribution in [3.8, 4) is 5.75 Å². The van der Waals surface area contributed by atoms with Crippen molar-refractivity contribution < 1.29 is 4.74 Å². The van der Waals surface area contributed by atoms with Crippen LogP contribution in [-0.2, 0) is 0 Å². The average molecular weight is 317 g/mol. The van der Waals surface area contributed by atoms with E-state index in [4.69, 9.17) is 4.74 Å². The molecule has 24 heavy (non-hydrogen) atoms. The van der Waals surface area contributed by atoms with Gasteiger partial charge in [-0.15, -0.1) is 0 Å². The Labute approximate surface area is 139 Å². The van der Waals surface area contributed by atoms with E-state index in [0.717, 1.165) is 52.4 Å². The first-order valence-electron chi connectivity index (χ1n) is 8.37. The van der Waals surface area contributed by atoms with Gasteiger partial charge in [0.05, 0.1) is 12.1 Å². The average Bonchev–Trinajstić information content (AvgIpc) is 2.61. The largest absolute Gasteiger partial charge is 0.494 e. The van der Waals surface area contributed by atoms with Gasteiger partial charge in [-0.25, -0.2) is 0 Å². The highest BCUT2D eigenvalue weighted by Gasteiger charge is 2.07. The minimum absolute atomic E-state index is 0.0681. The van der Waals surface area contributed by atoms with Gasteiger partial charge in [0.2, 0.25) is 0 Å². The van der Waals surface area contributed by atoms with Crippen LogP contribution in [0.2, 0.25) is 0 Å². The maximum absolute atomic E-state index is 12.8. The fourth-order valence-electron chi connectivity index (χ4n) is 3.07. The van der Waals surface area contributed by atoms with Gasteiger partial charge in [-0.1, -0.05) is 31.5 Å². The topological polar surface area (TPSA) is 42.1 Å². The lowest BCUT2D eigenvalue weighted by Crippen LogP contribution is -2.04. The van der Waals surface area contributed by atoms with E-state index in [1.807, 2.05) is 54.6 Å². The van der Waals surface area contributed by atoms with Gasteiger partial charge < -0.3 is 9.72 Å². The molecule has 0 saturated carbocycles. The lowest BCUT2D eigenvalue weighted by Gasteiger charge is -2.08. The van der Waals surface area contributed by atoms with Crippen molar-refractivity contribution in [3.05, 3.63) is 64.8 Å². The zero-order valence-corrected chi connectivity index (χ0v) is 13.6. The molecule has 0 aliphatic rings. The molecule has 0 saturated heterocycles. The quantitative estimate of drug-likeness (QED) is 0.424. The van der Waals surface area contributed by atoms with Crippen molar-refractivity contribution in [2.24, 2.45) is 0 Å². The van der Waals surface area contributed by atoms with Gasteiger partial charge in [0.25, 0.3) is 0 Å². The Morgan fingerprint density at radius 2 is 1.79 bits per heavy atom. The number of para-hydroxylation sites is 1. The van der Waals surface area contributed by atoms with Crippen LogP contribution in [0.25, 0.3) is 32.6 Å². The van der Waals surface area contributed by atoms with E-state index in [-0.39, 0.29) is 5.43 Å². The molecular formula is C21H19NO2. The zero-order valence-electron chi connectivity index (χ0n) is 13.6. The predicted molar refractivity (Wildman–Crippen MR) is 100.0 cm³/mol. The molecule has 0 atom stereocenters. The Kier molecular flexibility index (Phi) is 3.69. The monoisotopic (exact) mass is 317 g/mol. The molecule has 1 N–H and O–H groups in total. The normalized spacial score (nSPS) is 11.4. The lowest BCUT2D eigenvalue weighted by atomic mass is 10.0. The van der Waals surface area contributed by atoms with Gasteiger partial charge in [-0.05, 0) is 53.6 Å². The number of ether oxygens (including phenoxy) is 1. The van der Waals surface area contributed by atoms with Crippen molar-refractivity contribution in [1.82, 2.24) is 4.98 Å². The van der Waals surface area contributed by atoms with Gasteiger partial charge in [-0.2, -0.15) is 0 Å². The van der Waals surface area contributed by atoms with Crippen LogP contribution in [0.1, 0.15) is 19.8 Å². The van der Waals surface area contributed by atoms with Crippen LogP contribution >= 0.6 is 0 Å². The van der Waals surface area contributed by atoms with Gasteiger partial charge in [0, 0.05) is 16.3 Å². The summed E-state index contributed by atoms with van der Waals surface area (Å²) in [5.74, 6) is 0.854. The molecule has 0 bridgehead atoms. The Morgan fingerprint density at radius 1 is 0.917 bits per heavy atom. The van der Waals surface area contributed by atoms with Crippen molar-refractivity contribution in [2.45, 2.75) is 19.8 Å². The van der Waals surface area contributed by atoms with Crippen LogP contribution in [0, 0.1) is 0 Å². The van der Waals surface area contributed by atoms with E-state index in [9.17, 15) is 4.79 Å². The fraction of sp³-hybridized carbons (Fsp3) is 0.190. The van der Waals surface area contributed by atoms with Crippen LogP contribution in [-0.4, -0.2) is 11.6 Å². The molecule has 0 aliphatic heterocycles. The standard InChI is InChI=1S/C21H19NO2/c1-2-3-10-24-16-9-8-14-13-20-18(12-15(14)11-16)21(23)17-6-4-5-7-19(17)22-20/h4-9,11-13H,2-3,10H2,1H3,(H,22,23). The molecular weight excluding hydrogens is 298 g/mol. The molecule has 0 radical (unpaired) electrons. The summed E-state index contributed by atoms with van der Waals surface area (Å²) in [5.41, 5.74) is 1.80. The first-order valence-corrected chi connectivity index (χ1v) is 8.37. The smallest absolute Gasteiger partial charge is 0.197 e. The summed E-state index contributed by atoms with van der Waals surface area (Å²) >= 11 is 0. The molecule has 3 heteroatoms. The third-order valence-corrected chi connectivity index (χ3v) is 4.40. The SMILES string of the molecule is CCCCOc1ccc2cc3[nH]c4ccccc4c(=O)c3cc2c1. The summed E-state index contributed by atoms with van der Waals surface area (Å²) in [7, 11) is 0. The highest BCUT2D eigenvalue weighted by molar-refractivity contribution is 6.01. The van der Waals surface area contributed by atoms with E-state index in [1.165, 1.54) is 0 Å². The number of hydrogen-bond acceptors (Lipinski definition) is 2. The first-order chi connectivity index (χ1) is 11.8. The minimum atomic E-state index is 0.0681. The number of rotatable bonds is 4. The van der Waals surface area contributed by atoms with Crippen molar-refractivity contribution in [2.75, 3.05) is 6.61 Å². The summed E-state index contributed by atoms with van der Waals surface area (Å²) in [4.78, 5) is 16.1. The summed E-state index contributed by atoms with van der Waals surface area (Å²) in [6, 6.07) is 17.7. The molecule has 3 aromatic carbocycles. The number of hydrogen-bond donors (Lipinski definition) is 1. The number of pyridine rings is 1. The third kappa shape index (κ3) is 2.52. The number of H-pyrrole nitrogens is 1. The zero-order chi connectivity index (χ0) is 16.5. The number of aromatic nitrogens is 1. The van der Waals surface area contributed by atoms with E-state index in [1.54, 1.807) is 0 Å². The van der Waals surface area contributed by atoms with Gasteiger partial charge in [0.1, 0.15) is 5.75 Å². The third-order valence-electron chi connectivity index (χ3n) is 4.40. The molecule has 1 heterocycles. The Bertz CT molecular complexity index is 1100. The van der Waals surface area contributed by atoms with Gasteiger partial charge in [-0.3, -0.25) is 4.79 Å². The molecule has 0 aliphatic carbocycles. The fourth-order valence-corrected chi connectivity index (χ4v) is 3.07. The van der Waals surface area contributed by atoms with Crippen LogP contribution in [0.5, 0.6) is 5.75 Å². The Morgan fingerprint density at radius 3 is 2.67 bits per heavy atom. The molecule has 0 spiro atoms. The highest BCUT2D eigenvalue weighted by Crippen LogP contribution is 2.25. The summed E-state index contributed by atoms with van der Waals surface area (Å²) in [6.07, 6.45) is 2.15. The van der Waals surface area contributed by atoms with Crippen molar-refractivity contribution >= 4 is 32.6 Å². The molecule has 0 amide bonds. The Hall–Kier alpha value is -2.81. The summed E-state index contributed by atoms with van der Waals surface area (Å²) in [5, 5.41) is 3.56. The second-order valence-corrected chi connectivity index (χ2v) is 6.11. The number of fused-ring (bicyclic) bond motifs is 3. The van der Waals surface area contributed by atoms with E-state index in [2.05, 4.69) is 11.9 Å². The minimum Gasteiger partial charge on any atom is -0.494 e. The molecule has 0 unspecified atom stereocenters. The van der Waals surface area contributed by atoms with Crippen molar-refractivity contribution in [1.29, 1.82) is 0 Å². The van der Waals surface area contributed by atoms with E-state index < -0.39 is 0 Å². The lowest BCUT2D eigenvalue weighted by molar-refractivity contribution is 0.310. The summed E-state index contributed by atoms with van der Waals surface area (Å²) < 4.78 is 5.78. The number of unbranched alkanes of at least 4 members (excludes halogenated alkanes) is 1. The molecule has 4 aromatic rings. The first kappa shape index (κ1) is 14.8. The number of aromatic amines is 1. The van der Waals surface area contributed by atoms with E-state index in [0.29, 0.717) is 5.39 Å². The number of benzene rings is 3. The molecule has 1 aromatic heterocycles. The van der Waals surface area contributed by atoms with Crippen molar-refractivity contribution in [3.63, 3.8) is 0 Å². The van der Waals surface area contributed by atoms with Crippen LogP contribution in [0.4, 0.5) is 0 Å². The maximum atomic E-state index is 12.8. The highest BCUT2D eigenvalue weighted by atomic mass is 16.5. The van der Waals surface area contributed by atoms with Gasteiger partial charge >= 0.3 is 0 Å². The molecule has 4 rings (SSSR count). The molecule has 120 valence electrons. The van der Waals surface area contributed by atoms with Crippen LogP contribution in [0.15, 0.2) is 59.4 Å². The second-order valence-electron chi connectivity index (χ2n) is 6.11. The predicted octanol–water partition coefficient (Wildman–Crippen LogP) is 5.01. The van der Waals surface area contributed by atoms with Gasteiger partial charge in [0.15, 0.2) is 5.43 Å². The second kappa shape index (κ2) is 6.00. The maximum Gasteiger partial charge on any atom is 0.197 e. The van der Waals surface area contributed by atoms with E-state index >= 15 is 0 Å². The Balaban J connectivity index is 1.89. The van der Waals surface area contributed by atoms with Crippen LogP contribution in [0.3, 0.4) is 0 Å². The van der Waals surface area contributed by atoms with Crippen LogP contribution < -0.4 is 10.2 Å². The summed E-state index contributed by atoms with van der Waals surface area (Å²) in [6.45, 7) is 2.87.